The number of rotatable bonds is 15. The van der Waals surface area contributed by atoms with Gasteiger partial charge in [0.25, 0.3) is 5.56 Å². The highest BCUT2D eigenvalue weighted by Crippen LogP contribution is 2.64. The molecule has 1 unspecified atom stereocenters. The van der Waals surface area contributed by atoms with Crippen molar-refractivity contribution in [2.75, 3.05) is 0 Å². The molecular formula is C37H39F17N2O2Si. The number of aromatic nitrogens is 2. The van der Waals surface area contributed by atoms with Gasteiger partial charge >= 0.3 is 47.6 Å². The molecule has 0 amide bonds. The summed E-state index contributed by atoms with van der Waals surface area (Å²) in [6.07, 6.45) is -11.6. The van der Waals surface area contributed by atoms with Gasteiger partial charge in [0.15, 0.2) is 8.32 Å². The normalized spacial score (nSPS) is 15.8. The molecule has 1 aliphatic heterocycles. The summed E-state index contributed by atoms with van der Waals surface area (Å²) in [6.45, 7) is 12.0. The average Bonchev–Trinajstić information content (AvgIpc) is 3.47. The van der Waals surface area contributed by atoms with Gasteiger partial charge in [0.05, 0.1) is 29.6 Å². The van der Waals surface area contributed by atoms with E-state index in [0.29, 0.717) is 22.5 Å². The molecule has 1 aliphatic rings. The number of hydrogen-bond donors (Lipinski definition) is 0. The van der Waals surface area contributed by atoms with E-state index in [1.807, 2.05) is 13.0 Å². The highest BCUT2D eigenvalue weighted by molar-refractivity contribution is 6.76. The maximum Gasteiger partial charge on any atom is 0.460 e. The van der Waals surface area contributed by atoms with Crippen molar-refractivity contribution < 1.29 is 79.1 Å². The Hall–Kier alpha value is -3.43. The Bertz CT molecular complexity index is 2120. The molecule has 0 N–H and O–H groups in total. The summed E-state index contributed by atoms with van der Waals surface area (Å²) in [4.78, 5) is 18.6. The van der Waals surface area contributed by atoms with Crippen LogP contribution in [0.2, 0.25) is 17.1 Å². The molecule has 4 rings (SSSR count). The Morgan fingerprint density at radius 3 is 1.64 bits per heavy atom. The summed E-state index contributed by atoms with van der Waals surface area (Å²) >= 11 is 0. The number of para-hydroxylation sites is 1. The summed E-state index contributed by atoms with van der Waals surface area (Å²) < 4.78 is 247. The van der Waals surface area contributed by atoms with Crippen LogP contribution in [0.15, 0.2) is 35.1 Å². The number of halogens is 17. The van der Waals surface area contributed by atoms with Gasteiger partial charge < -0.3 is 8.99 Å². The predicted octanol–water partition coefficient (Wildman–Crippen LogP) is 12.9. The minimum absolute atomic E-state index is 0.102. The number of aryl methyl sites for hydroxylation is 1. The maximum absolute atomic E-state index is 15.4. The number of nitrogens with zero attached hydrogens (tertiary/aromatic N) is 2. The Labute approximate surface area is 327 Å². The lowest BCUT2D eigenvalue weighted by atomic mass is 9.88. The first-order chi connectivity index (χ1) is 26.4. The van der Waals surface area contributed by atoms with E-state index >= 15 is 8.78 Å². The second-order valence-electron chi connectivity index (χ2n) is 15.8. The van der Waals surface area contributed by atoms with Crippen LogP contribution in [0.5, 0.6) is 0 Å². The quantitative estimate of drug-likeness (QED) is 0.0882. The van der Waals surface area contributed by atoms with Crippen LogP contribution < -0.4 is 5.56 Å². The van der Waals surface area contributed by atoms with Gasteiger partial charge in [-0.15, -0.1) is 0 Å². The van der Waals surface area contributed by atoms with Crippen LogP contribution in [0.25, 0.3) is 22.3 Å². The van der Waals surface area contributed by atoms with Gasteiger partial charge in [0.1, 0.15) is 0 Å². The zero-order chi connectivity index (χ0) is 45.7. The van der Waals surface area contributed by atoms with Crippen molar-refractivity contribution >= 4 is 19.2 Å². The second kappa shape index (κ2) is 14.9. The molecule has 0 bridgehead atoms. The van der Waals surface area contributed by atoms with Crippen LogP contribution in [-0.2, 0) is 11.0 Å². The number of pyridine rings is 2. The van der Waals surface area contributed by atoms with Gasteiger partial charge in [-0.05, 0) is 60.2 Å². The van der Waals surface area contributed by atoms with Crippen molar-refractivity contribution in [2.45, 2.75) is 139 Å². The largest absolute Gasteiger partial charge is 0.460 e. The van der Waals surface area contributed by atoms with Gasteiger partial charge in [-0.2, -0.15) is 74.6 Å². The molecule has 0 saturated heterocycles. The summed E-state index contributed by atoms with van der Waals surface area (Å²) in [5.41, 5.74) is 0.837. The smallest absolute Gasteiger partial charge is 0.409 e. The molecule has 0 fully saturated rings. The second-order valence-corrected chi connectivity index (χ2v) is 20.7. The van der Waals surface area contributed by atoms with Crippen LogP contribution in [0.1, 0.15) is 76.3 Å². The van der Waals surface area contributed by atoms with E-state index in [9.17, 15) is 70.7 Å². The Balaban J connectivity index is 1.78. The molecule has 0 saturated carbocycles. The maximum atomic E-state index is 15.4. The van der Waals surface area contributed by atoms with Gasteiger partial charge in [0, 0.05) is 22.9 Å². The average molecular weight is 895 g/mol. The first-order valence-corrected chi connectivity index (χ1v) is 20.2. The van der Waals surface area contributed by atoms with Crippen molar-refractivity contribution in [3.05, 3.63) is 62.9 Å². The van der Waals surface area contributed by atoms with Crippen molar-refractivity contribution in [2.24, 2.45) is 5.92 Å². The molecule has 3 heterocycles. The highest BCUT2D eigenvalue weighted by Gasteiger charge is 2.95. The van der Waals surface area contributed by atoms with Crippen LogP contribution in [0.4, 0.5) is 74.6 Å². The summed E-state index contributed by atoms with van der Waals surface area (Å²) in [5, 5.41) is 0.815. The Morgan fingerprint density at radius 2 is 1.17 bits per heavy atom. The highest BCUT2D eigenvalue weighted by atomic mass is 28.4. The third-order valence-corrected chi connectivity index (χ3v) is 16.9. The van der Waals surface area contributed by atoms with Crippen molar-refractivity contribution in [3.8, 4) is 11.4 Å². The minimum atomic E-state index is -8.70. The van der Waals surface area contributed by atoms with E-state index < -0.39 is 97.1 Å². The molecule has 0 spiro atoms. The molecule has 1 aromatic carbocycles. The monoisotopic (exact) mass is 894 g/mol. The first kappa shape index (κ1) is 48.2. The molecular weight excluding hydrogens is 855 g/mol. The third-order valence-electron chi connectivity index (χ3n) is 11.2. The standard InChI is InChI=1S/C37H39F17N2O2Si/c1-17(2)28(23-15-26-27-24(16-56(26)29(57)21(23)8)20(7)22-11-9-10-12-25(22)55-27)58-59(18(3)4,19(5)6)14-13-30(38,39)31(40,41)32(42,43)33(44,45)34(46,47)35(48,49)36(50,51)37(52,53)54/h9-12,15,17-19,28H,13-14,16H2,1-8H3. The van der Waals surface area contributed by atoms with E-state index in [2.05, 4.69) is 0 Å². The van der Waals surface area contributed by atoms with Crippen molar-refractivity contribution in [1.29, 1.82) is 0 Å². The zero-order valence-corrected chi connectivity index (χ0v) is 33.5. The van der Waals surface area contributed by atoms with Gasteiger partial charge in [0.2, 0.25) is 0 Å². The van der Waals surface area contributed by atoms with Gasteiger partial charge in [-0.25, -0.2) is 4.98 Å². The lowest BCUT2D eigenvalue weighted by Crippen LogP contribution is -2.74. The van der Waals surface area contributed by atoms with Gasteiger partial charge in [-0.1, -0.05) is 59.7 Å². The SMILES string of the molecule is Cc1c(C(O[Si](CCC(F)(F)C(F)(F)C(F)(F)C(F)(F)C(F)(F)C(F)(F)C(F)(F)C(F)(F)F)(C(C)C)C(C)C)C(C)C)cc2n(c1=O)Cc1c-2nc2ccccc2c1C. The minimum Gasteiger partial charge on any atom is -0.409 e. The fourth-order valence-corrected chi connectivity index (χ4v) is 12.2. The van der Waals surface area contributed by atoms with E-state index in [1.165, 1.54) is 39.2 Å². The molecule has 2 aromatic heterocycles. The predicted molar refractivity (Wildman–Crippen MR) is 185 cm³/mol. The number of hydrogen-bond acceptors (Lipinski definition) is 3. The van der Waals surface area contributed by atoms with E-state index in [4.69, 9.17) is 9.41 Å². The number of fused-ring (bicyclic) bond motifs is 4. The topological polar surface area (TPSA) is 44.1 Å². The number of benzene rings is 1. The fraction of sp³-hybridized carbons (Fsp3) is 0.622. The van der Waals surface area contributed by atoms with E-state index in [0.717, 1.165) is 10.9 Å². The first-order valence-electron chi connectivity index (χ1n) is 17.9. The molecule has 3 aromatic rings. The van der Waals surface area contributed by atoms with Crippen molar-refractivity contribution in [3.63, 3.8) is 0 Å². The zero-order valence-electron chi connectivity index (χ0n) is 32.5. The molecule has 0 aliphatic carbocycles. The lowest BCUT2D eigenvalue weighted by molar-refractivity contribution is -0.461. The van der Waals surface area contributed by atoms with Crippen molar-refractivity contribution in [1.82, 2.24) is 9.55 Å². The van der Waals surface area contributed by atoms with E-state index in [-0.39, 0.29) is 17.7 Å². The van der Waals surface area contributed by atoms with Crippen LogP contribution >= 0.6 is 0 Å². The molecule has 4 nitrogen and oxygen atoms in total. The molecule has 332 valence electrons. The number of alkyl halides is 17. The van der Waals surface area contributed by atoms with Crippen LogP contribution in [-0.4, -0.2) is 65.5 Å². The third kappa shape index (κ3) is 7.02. The molecule has 0 radical (unpaired) electrons. The van der Waals surface area contributed by atoms with Crippen LogP contribution in [0, 0.1) is 19.8 Å². The molecule has 22 heteroatoms. The fourth-order valence-electron chi connectivity index (χ4n) is 7.47. The Morgan fingerprint density at radius 1 is 0.695 bits per heavy atom. The molecule has 1 atom stereocenters. The van der Waals surface area contributed by atoms with Crippen LogP contribution in [0.3, 0.4) is 0 Å². The molecule has 59 heavy (non-hydrogen) atoms. The van der Waals surface area contributed by atoms with Gasteiger partial charge in [-0.3, -0.25) is 4.79 Å². The lowest BCUT2D eigenvalue weighted by Gasteiger charge is -2.45. The summed E-state index contributed by atoms with van der Waals surface area (Å²) in [6, 6.07) is 7.35. The van der Waals surface area contributed by atoms with E-state index in [1.54, 1.807) is 38.1 Å². The summed E-state index contributed by atoms with van der Waals surface area (Å²) in [7, 11) is -4.21. The summed E-state index contributed by atoms with van der Waals surface area (Å²) in [5.74, 6) is -57.5. The Kier molecular flexibility index (Phi) is 12.2.